The molecule has 0 saturated carbocycles. The summed E-state index contributed by atoms with van der Waals surface area (Å²) in [4.78, 5) is 16.8. The van der Waals surface area contributed by atoms with E-state index in [1.54, 1.807) is 50.6 Å². The molecule has 0 aliphatic carbocycles. The minimum absolute atomic E-state index is 0.0862. The van der Waals surface area contributed by atoms with Crippen LogP contribution in [-0.4, -0.2) is 36.8 Å². The van der Waals surface area contributed by atoms with Crippen molar-refractivity contribution in [3.63, 3.8) is 0 Å². The summed E-state index contributed by atoms with van der Waals surface area (Å²) in [6.07, 6.45) is 0. The Hall–Kier alpha value is -4.13. The number of methoxy groups -OCH3 is 2. The molecule has 7 nitrogen and oxygen atoms in total. The van der Waals surface area contributed by atoms with Crippen LogP contribution in [0.5, 0.6) is 17.2 Å². The highest BCUT2D eigenvalue weighted by atomic mass is 16.5. The van der Waals surface area contributed by atoms with Crippen LogP contribution in [0.15, 0.2) is 77.3 Å². The number of aromatic nitrogens is 2. The molecule has 7 heteroatoms. The lowest BCUT2D eigenvalue weighted by atomic mass is 10.1. The van der Waals surface area contributed by atoms with Crippen molar-refractivity contribution in [1.29, 1.82) is 0 Å². The molecule has 3 aromatic carbocycles. The molecule has 0 radical (unpaired) electrons. The Balaban J connectivity index is 1.46. The molecule has 0 saturated heterocycles. The van der Waals surface area contributed by atoms with Gasteiger partial charge in [0.1, 0.15) is 17.2 Å². The number of carbonyl (C=O) groups is 1. The van der Waals surface area contributed by atoms with Crippen LogP contribution in [0.25, 0.3) is 22.8 Å². The molecular formula is C24H20N2O5. The number of nitrogens with zero attached hydrogens (tertiary/aromatic N) is 2. The first-order valence-corrected chi connectivity index (χ1v) is 9.55. The zero-order valence-electron chi connectivity index (χ0n) is 17.1. The van der Waals surface area contributed by atoms with E-state index in [9.17, 15) is 4.79 Å². The summed E-state index contributed by atoms with van der Waals surface area (Å²) in [5.74, 6) is 2.60. The molecule has 0 amide bonds. The van der Waals surface area contributed by atoms with Gasteiger partial charge in [0, 0.05) is 16.7 Å². The van der Waals surface area contributed by atoms with Gasteiger partial charge in [-0.25, -0.2) is 0 Å². The first-order chi connectivity index (χ1) is 15.2. The third kappa shape index (κ3) is 4.72. The number of ether oxygens (including phenoxy) is 3. The Morgan fingerprint density at radius 2 is 1.52 bits per heavy atom. The Kier molecular flexibility index (Phi) is 5.93. The van der Waals surface area contributed by atoms with E-state index in [0.29, 0.717) is 40.1 Å². The van der Waals surface area contributed by atoms with Crippen molar-refractivity contribution in [2.24, 2.45) is 0 Å². The van der Waals surface area contributed by atoms with E-state index in [1.165, 1.54) is 0 Å². The predicted octanol–water partition coefficient (Wildman–Crippen LogP) is 4.68. The molecule has 0 atom stereocenters. The van der Waals surface area contributed by atoms with Crippen LogP contribution in [0.3, 0.4) is 0 Å². The summed E-state index contributed by atoms with van der Waals surface area (Å²) >= 11 is 0. The zero-order chi connectivity index (χ0) is 21.6. The van der Waals surface area contributed by atoms with E-state index in [-0.39, 0.29) is 12.4 Å². The molecule has 31 heavy (non-hydrogen) atoms. The number of hydrogen-bond donors (Lipinski definition) is 0. The van der Waals surface area contributed by atoms with E-state index in [2.05, 4.69) is 10.1 Å². The van der Waals surface area contributed by atoms with Gasteiger partial charge < -0.3 is 18.7 Å². The molecule has 1 heterocycles. The molecule has 1 aromatic heterocycles. The minimum atomic E-state index is -0.132. The molecule has 0 fully saturated rings. The maximum absolute atomic E-state index is 12.4. The highest BCUT2D eigenvalue weighted by Crippen LogP contribution is 2.27. The first-order valence-electron chi connectivity index (χ1n) is 9.55. The standard InChI is InChI=1S/C24H20N2O5/c1-28-19-11-9-16(10-12-19)22(27)15-30-21-8-3-5-17(13-21)23-25-24(31-26-23)18-6-4-7-20(14-18)29-2/h3-14H,15H2,1-2H3. The highest BCUT2D eigenvalue weighted by Gasteiger charge is 2.13. The molecule has 4 aromatic rings. The van der Waals surface area contributed by atoms with Gasteiger partial charge >= 0.3 is 0 Å². The van der Waals surface area contributed by atoms with Crippen molar-refractivity contribution >= 4 is 5.78 Å². The van der Waals surface area contributed by atoms with Gasteiger partial charge in [-0.1, -0.05) is 23.4 Å². The fourth-order valence-corrected chi connectivity index (χ4v) is 2.95. The number of carbonyl (C=O) groups excluding carboxylic acids is 1. The topological polar surface area (TPSA) is 83.7 Å². The van der Waals surface area contributed by atoms with Gasteiger partial charge in [-0.15, -0.1) is 0 Å². The maximum atomic E-state index is 12.4. The van der Waals surface area contributed by atoms with E-state index in [0.717, 1.165) is 5.56 Å². The second-order valence-electron chi connectivity index (χ2n) is 6.62. The largest absolute Gasteiger partial charge is 0.497 e. The lowest BCUT2D eigenvalue weighted by Gasteiger charge is -2.07. The van der Waals surface area contributed by atoms with Crippen molar-refractivity contribution in [3.05, 3.63) is 78.4 Å². The fraction of sp³-hybridized carbons (Fsp3) is 0.125. The minimum Gasteiger partial charge on any atom is -0.497 e. The van der Waals surface area contributed by atoms with Crippen molar-refractivity contribution in [3.8, 4) is 40.1 Å². The van der Waals surface area contributed by atoms with Gasteiger partial charge in [0.05, 0.1) is 14.2 Å². The fourth-order valence-electron chi connectivity index (χ4n) is 2.95. The third-order valence-corrected chi connectivity index (χ3v) is 4.62. The Bertz CT molecular complexity index is 1180. The van der Waals surface area contributed by atoms with Crippen LogP contribution in [0, 0.1) is 0 Å². The molecule has 156 valence electrons. The lowest BCUT2D eigenvalue weighted by molar-refractivity contribution is 0.0921. The van der Waals surface area contributed by atoms with Crippen LogP contribution in [-0.2, 0) is 0 Å². The smallest absolute Gasteiger partial charge is 0.258 e. The first kappa shape index (κ1) is 20.2. The summed E-state index contributed by atoms with van der Waals surface area (Å²) in [5.41, 5.74) is 2.03. The van der Waals surface area contributed by atoms with Gasteiger partial charge in [-0.2, -0.15) is 4.98 Å². The maximum Gasteiger partial charge on any atom is 0.258 e. The van der Waals surface area contributed by atoms with E-state index < -0.39 is 0 Å². The monoisotopic (exact) mass is 416 g/mol. The lowest BCUT2D eigenvalue weighted by Crippen LogP contribution is -2.11. The second kappa shape index (κ2) is 9.13. The normalized spacial score (nSPS) is 10.5. The summed E-state index contributed by atoms with van der Waals surface area (Å²) in [6, 6.07) is 21.5. The van der Waals surface area contributed by atoms with Crippen LogP contribution in [0.4, 0.5) is 0 Å². The molecule has 0 N–H and O–H groups in total. The highest BCUT2D eigenvalue weighted by molar-refractivity contribution is 5.97. The Morgan fingerprint density at radius 3 is 2.26 bits per heavy atom. The summed E-state index contributed by atoms with van der Waals surface area (Å²) in [6.45, 7) is -0.0862. The average Bonchev–Trinajstić information content (AvgIpc) is 3.33. The van der Waals surface area contributed by atoms with E-state index >= 15 is 0 Å². The van der Waals surface area contributed by atoms with Crippen molar-refractivity contribution in [2.75, 3.05) is 20.8 Å². The van der Waals surface area contributed by atoms with E-state index in [4.69, 9.17) is 18.7 Å². The number of rotatable bonds is 8. The van der Waals surface area contributed by atoms with Crippen LogP contribution >= 0.6 is 0 Å². The van der Waals surface area contributed by atoms with Gasteiger partial charge in [-0.3, -0.25) is 4.79 Å². The zero-order valence-corrected chi connectivity index (χ0v) is 17.1. The molecule has 0 aliphatic rings. The number of Topliss-reactive ketones (excluding diaryl/α,β-unsaturated/α-hetero) is 1. The number of hydrogen-bond acceptors (Lipinski definition) is 7. The van der Waals surface area contributed by atoms with Gasteiger partial charge in [0.2, 0.25) is 5.82 Å². The Morgan fingerprint density at radius 1 is 0.839 bits per heavy atom. The number of ketones is 1. The van der Waals surface area contributed by atoms with Crippen molar-refractivity contribution in [1.82, 2.24) is 10.1 Å². The average molecular weight is 416 g/mol. The summed E-state index contributed by atoms with van der Waals surface area (Å²) < 4.78 is 21.4. The van der Waals surface area contributed by atoms with Gasteiger partial charge in [0.25, 0.3) is 5.89 Å². The SMILES string of the molecule is COc1ccc(C(=O)COc2cccc(-c3noc(-c4cccc(OC)c4)n3)c2)cc1. The van der Waals surface area contributed by atoms with Crippen LogP contribution < -0.4 is 14.2 Å². The van der Waals surface area contributed by atoms with Gasteiger partial charge in [-0.05, 0) is 54.6 Å². The molecule has 0 aliphatic heterocycles. The molecule has 0 bridgehead atoms. The molecule has 0 spiro atoms. The van der Waals surface area contributed by atoms with E-state index in [1.807, 2.05) is 36.4 Å². The number of benzene rings is 3. The second-order valence-corrected chi connectivity index (χ2v) is 6.62. The van der Waals surface area contributed by atoms with Gasteiger partial charge in [0.15, 0.2) is 12.4 Å². The summed E-state index contributed by atoms with van der Waals surface area (Å²) in [5, 5.41) is 4.06. The summed E-state index contributed by atoms with van der Waals surface area (Å²) in [7, 11) is 3.18. The molecule has 4 rings (SSSR count). The third-order valence-electron chi connectivity index (χ3n) is 4.62. The van der Waals surface area contributed by atoms with Crippen molar-refractivity contribution in [2.45, 2.75) is 0 Å². The van der Waals surface area contributed by atoms with Crippen LogP contribution in [0.1, 0.15) is 10.4 Å². The molecular weight excluding hydrogens is 396 g/mol. The molecule has 0 unspecified atom stereocenters. The van der Waals surface area contributed by atoms with Crippen molar-refractivity contribution < 1.29 is 23.5 Å². The Labute approximate surface area is 179 Å². The predicted molar refractivity (Wildman–Crippen MR) is 115 cm³/mol. The quantitative estimate of drug-likeness (QED) is 0.386. The van der Waals surface area contributed by atoms with Crippen LogP contribution in [0.2, 0.25) is 0 Å².